The van der Waals surface area contributed by atoms with Crippen LogP contribution in [-0.2, 0) is 16.4 Å². The Kier molecular flexibility index (Phi) is 5.51. The van der Waals surface area contributed by atoms with Crippen molar-refractivity contribution in [3.05, 3.63) is 42.0 Å². The highest BCUT2D eigenvalue weighted by Gasteiger charge is 2.33. The Morgan fingerprint density at radius 3 is 2.84 bits per heavy atom. The fourth-order valence-corrected chi connectivity index (χ4v) is 4.54. The third kappa shape index (κ3) is 4.08. The third-order valence-electron chi connectivity index (χ3n) is 4.58. The van der Waals surface area contributed by atoms with Crippen LogP contribution in [0.15, 0.2) is 39.8 Å². The van der Waals surface area contributed by atoms with E-state index in [1.54, 1.807) is 24.3 Å². The van der Waals surface area contributed by atoms with Crippen molar-refractivity contribution in [2.45, 2.75) is 43.0 Å². The van der Waals surface area contributed by atoms with Crippen LogP contribution in [0.25, 0.3) is 0 Å². The number of benzene rings is 1. The Morgan fingerprint density at radius 2 is 2.12 bits per heavy atom. The molecule has 3 rings (SSSR count). The lowest BCUT2D eigenvalue weighted by Crippen LogP contribution is -2.39. The van der Waals surface area contributed by atoms with Gasteiger partial charge in [-0.1, -0.05) is 23.4 Å². The smallest absolute Gasteiger partial charge is 0.243 e. The maximum atomic E-state index is 12.8. The minimum atomic E-state index is -3.49. The van der Waals surface area contributed by atoms with Gasteiger partial charge in [0.25, 0.3) is 0 Å². The van der Waals surface area contributed by atoms with Crippen molar-refractivity contribution in [3.8, 4) is 0 Å². The number of likely N-dealkylation sites (N-methyl/N-ethyl adjacent to an activating group) is 1. The SMILES string of the molecule is CNC(C)Cc1noc(C2CCCN(S(=O)(=O)c3ccccc3)C2)n1. The highest BCUT2D eigenvalue weighted by Crippen LogP contribution is 2.29. The van der Waals surface area contributed by atoms with Crippen LogP contribution < -0.4 is 5.32 Å². The van der Waals surface area contributed by atoms with Gasteiger partial charge in [-0.2, -0.15) is 9.29 Å². The number of hydrogen-bond donors (Lipinski definition) is 1. The molecule has 0 aliphatic carbocycles. The summed E-state index contributed by atoms with van der Waals surface area (Å²) in [6.45, 7) is 2.94. The molecule has 25 heavy (non-hydrogen) atoms. The fourth-order valence-electron chi connectivity index (χ4n) is 3.00. The first-order valence-electron chi connectivity index (χ1n) is 8.55. The van der Waals surface area contributed by atoms with Crippen LogP contribution in [0.3, 0.4) is 0 Å². The minimum absolute atomic E-state index is 0.0571. The van der Waals surface area contributed by atoms with Crippen molar-refractivity contribution in [3.63, 3.8) is 0 Å². The topological polar surface area (TPSA) is 88.3 Å². The fraction of sp³-hybridized carbons (Fsp3) is 0.529. The van der Waals surface area contributed by atoms with Gasteiger partial charge in [0, 0.05) is 25.6 Å². The molecule has 1 fully saturated rings. The number of sulfonamides is 1. The van der Waals surface area contributed by atoms with Crippen molar-refractivity contribution in [2.75, 3.05) is 20.1 Å². The van der Waals surface area contributed by atoms with Crippen LogP contribution in [0.2, 0.25) is 0 Å². The van der Waals surface area contributed by atoms with E-state index in [9.17, 15) is 8.42 Å². The van der Waals surface area contributed by atoms with Gasteiger partial charge in [0.15, 0.2) is 5.82 Å². The van der Waals surface area contributed by atoms with Gasteiger partial charge in [-0.3, -0.25) is 0 Å². The second-order valence-corrected chi connectivity index (χ2v) is 8.40. The van der Waals surface area contributed by atoms with Gasteiger partial charge < -0.3 is 9.84 Å². The molecule has 0 bridgehead atoms. The number of piperidine rings is 1. The van der Waals surface area contributed by atoms with Crippen LogP contribution in [0.5, 0.6) is 0 Å². The number of hydrogen-bond acceptors (Lipinski definition) is 6. The molecule has 0 radical (unpaired) electrons. The van der Waals surface area contributed by atoms with Gasteiger partial charge in [0.1, 0.15) is 0 Å². The molecule has 136 valence electrons. The van der Waals surface area contributed by atoms with Crippen LogP contribution in [0.1, 0.15) is 37.4 Å². The minimum Gasteiger partial charge on any atom is -0.339 e. The Bertz CT molecular complexity index is 791. The van der Waals surface area contributed by atoms with Gasteiger partial charge in [-0.25, -0.2) is 8.42 Å². The molecule has 1 N–H and O–H groups in total. The molecule has 2 unspecified atom stereocenters. The van der Waals surface area contributed by atoms with Crippen molar-refractivity contribution >= 4 is 10.0 Å². The van der Waals surface area contributed by atoms with E-state index in [0.717, 1.165) is 12.8 Å². The average molecular weight is 364 g/mol. The third-order valence-corrected chi connectivity index (χ3v) is 6.46. The first kappa shape index (κ1) is 18.0. The van der Waals surface area contributed by atoms with Crippen molar-refractivity contribution < 1.29 is 12.9 Å². The first-order chi connectivity index (χ1) is 12.0. The summed E-state index contributed by atoms with van der Waals surface area (Å²) in [4.78, 5) is 4.80. The Balaban J connectivity index is 1.73. The lowest BCUT2D eigenvalue weighted by molar-refractivity contribution is 0.265. The number of rotatable bonds is 6. The first-order valence-corrected chi connectivity index (χ1v) is 9.99. The monoisotopic (exact) mass is 364 g/mol. The standard InChI is InChI=1S/C17H24N4O3S/c1-13(18-2)11-16-19-17(24-20-16)14-7-6-10-21(12-14)25(22,23)15-8-4-3-5-9-15/h3-5,8-9,13-14,18H,6-7,10-12H2,1-2H3. The highest BCUT2D eigenvalue weighted by molar-refractivity contribution is 7.89. The Hall–Kier alpha value is -1.77. The van der Waals surface area contributed by atoms with E-state index in [-0.39, 0.29) is 12.0 Å². The van der Waals surface area contributed by atoms with Crippen molar-refractivity contribution in [2.24, 2.45) is 0 Å². The largest absolute Gasteiger partial charge is 0.339 e. The molecule has 0 saturated carbocycles. The summed E-state index contributed by atoms with van der Waals surface area (Å²) in [5.74, 6) is 1.13. The van der Waals surface area contributed by atoms with Crippen LogP contribution in [0, 0.1) is 0 Å². The van der Waals surface area contributed by atoms with E-state index in [1.807, 2.05) is 20.0 Å². The predicted octanol–water partition coefficient (Wildman–Crippen LogP) is 1.79. The molecule has 1 aromatic carbocycles. The summed E-state index contributed by atoms with van der Waals surface area (Å²) >= 11 is 0. The molecular weight excluding hydrogens is 340 g/mol. The van der Waals surface area contributed by atoms with Gasteiger partial charge in [-0.05, 0) is 38.9 Å². The van der Waals surface area contributed by atoms with Gasteiger partial charge in [0.2, 0.25) is 15.9 Å². The second kappa shape index (κ2) is 7.63. The van der Waals surface area contributed by atoms with E-state index < -0.39 is 10.0 Å². The molecule has 2 atom stereocenters. The van der Waals surface area contributed by atoms with E-state index in [4.69, 9.17) is 4.52 Å². The summed E-state index contributed by atoms with van der Waals surface area (Å²) in [5.41, 5.74) is 0. The summed E-state index contributed by atoms with van der Waals surface area (Å²) < 4.78 is 32.5. The van der Waals surface area contributed by atoms with E-state index in [2.05, 4.69) is 15.5 Å². The molecule has 7 nitrogen and oxygen atoms in total. The van der Waals surface area contributed by atoms with Crippen molar-refractivity contribution in [1.29, 1.82) is 0 Å². The molecular formula is C17H24N4O3S. The molecule has 2 aromatic rings. The highest BCUT2D eigenvalue weighted by atomic mass is 32.2. The lowest BCUT2D eigenvalue weighted by atomic mass is 10.00. The average Bonchev–Trinajstić information content (AvgIpc) is 3.11. The second-order valence-electron chi connectivity index (χ2n) is 6.46. The van der Waals surface area contributed by atoms with Crippen LogP contribution in [0.4, 0.5) is 0 Å². The number of nitrogens with zero attached hydrogens (tertiary/aromatic N) is 3. The molecule has 0 amide bonds. The normalized spacial score (nSPS) is 20.5. The maximum absolute atomic E-state index is 12.8. The zero-order valence-corrected chi connectivity index (χ0v) is 15.4. The summed E-state index contributed by atoms with van der Waals surface area (Å²) in [6.07, 6.45) is 2.31. The molecule has 1 aliphatic heterocycles. The zero-order valence-electron chi connectivity index (χ0n) is 14.6. The van der Waals surface area contributed by atoms with Crippen LogP contribution in [-0.4, -0.2) is 49.0 Å². The van der Waals surface area contributed by atoms with Crippen LogP contribution >= 0.6 is 0 Å². The zero-order chi connectivity index (χ0) is 17.9. The summed E-state index contributed by atoms with van der Waals surface area (Å²) in [6, 6.07) is 8.80. The van der Waals surface area contributed by atoms with Gasteiger partial charge >= 0.3 is 0 Å². The lowest BCUT2D eigenvalue weighted by Gasteiger charge is -2.30. The molecule has 1 aliphatic rings. The summed E-state index contributed by atoms with van der Waals surface area (Å²) in [7, 11) is -1.60. The molecule has 0 spiro atoms. The Morgan fingerprint density at radius 1 is 1.36 bits per heavy atom. The number of aromatic nitrogens is 2. The maximum Gasteiger partial charge on any atom is 0.243 e. The van der Waals surface area contributed by atoms with Gasteiger partial charge in [-0.15, -0.1) is 0 Å². The molecule has 1 aromatic heterocycles. The van der Waals surface area contributed by atoms with Crippen molar-refractivity contribution in [1.82, 2.24) is 19.8 Å². The molecule has 1 saturated heterocycles. The Labute approximate surface area is 148 Å². The van der Waals surface area contributed by atoms with E-state index in [1.165, 1.54) is 4.31 Å². The van der Waals surface area contributed by atoms with Gasteiger partial charge in [0.05, 0.1) is 10.8 Å². The number of nitrogens with one attached hydrogen (secondary N) is 1. The van der Waals surface area contributed by atoms with E-state index in [0.29, 0.717) is 36.1 Å². The van der Waals surface area contributed by atoms with E-state index >= 15 is 0 Å². The summed E-state index contributed by atoms with van der Waals surface area (Å²) in [5, 5.41) is 7.17. The quantitative estimate of drug-likeness (QED) is 0.841. The molecule has 2 heterocycles. The predicted molar refractivity (Wildman–Crippen MR) is 93.7 cm³/mol. The molecule has 8 heteroatoms.